The number of nitriles is 1. The summed E-state index contributed by atoms with van der Waals surface area (Å²) in [4.78, 5) is 0. The van der Waals surface area contributed by atoms with Crippen molar-refractivity contribution in [3.63, 3.8) is 0 Å². The molecule has 0 aliphatic rings. The van der Waals surface area contributed by atoms with Crippen LogP contribution in [0.25, 0.3) is 0 Å². The van der Waals surface area contributed by atoms with E-state index < -0.39 is 0 Å². The van der Waals surface area contributed by atoms with Gasteiger partial charge in [0, 0.05) is 15.3 Å². The van der Waals surface area contributed by atoms with Crippen LogP contribution in [0.5, 0.6) is 5.75 Å². The lowest BCUT2D eigenvalue weighted by Gasteiger charge is -2.10. The van der Waals surface area contributed by atoms with Crippen LogP contribution in [0.3, 0.4) is 0 Å². The van der Waals surface area contributed by atoms with Gasteiger partial charge in [0.05, 0.1) is 18.4 Å². The van der Waals surface area contributed by atoms with Gasteiger partial charge in [-0.2, -0.15) is 5.26 Å². The topological polar surface area (TPSA) is 45.0 Å². The fourth-order valence-electron chi connectivity index (χ4n) is 1.54. The number of nitrogens with zero attached hydrogens (tertiary/aromatic N) is 1. The third-order valence-electron chi connectivity index (χ3n) is 2.47. The Bertz CT molecular complexity index is 588. The highest BCUT2D eigenvalue weighted by Crippen LogP contribution is 2.25. The second kappa shape index (κ2) is 5.74. The zero-order valence-corrected chi connectivity index (χ0v) is 11.9. The van der Waals surface area contributed by atoms with E-state index in [1.54, 1.807) is 19.2 Å². The van der Waals surface area contributed by atoms with Crippen molar-refractivity contribution in [1.82, 2.24) is 0 Å². The van der Waals surface area contributed by atoms with Crippen LogP contribution in [0.15, 0.2) is 42.5 Å². The van der Waals surface area contributed by atoms with Crippen LogP contribution in [0.2, 0.25) is 0 Å². The number of benzene rings is 2. The van der Waals surface area contributed by atoms with Crippen LogP contribution in [0.4, 0.5) is 11.4 Å². The summed E-state index contributed by atoms with van der Waals surface area (Å²) >= 11 is 2.25. The highest BCUT2D eigenvalue weighted by atomic mass is 127. The zero-order chi connectivity index (χ0) is 13.0. The van der Waals surface area contributed by atoms with E-state index in [4.69, 9.17) is 10.00 Å². The molecule has 0 radical (unpaired) electrons. The summed E-state index contributed by atoms with van der Waals surface area (Å²) in [7, 11) is 1.61. The van der Waals surface area contributed by atoms with Gasteiger partial charge < -0.3 is 10.1 Å². The monoisotopic (exact) mass is 350 g/mol. The van der Waals surface area contributed by atoms with E-state index in [-0.39, 0.29) is 0 Å². The van der Waals surface area contributed by atoms with Gasteiger partial charge >= 0.3 is 0 Å². The standard InChI is InChI=1S/C14H11IN2O/c1-18-13-7-2-10(9-16)14(8-13)17-12-5-3-11(15)4-6-12/h2-8,17H,1H3. The summed E-state index contributed by atoms with van der Waals surface area (Å²) in [5.41, 5.74) is 2.28. The summed E-state index contributed by atoms with van der Waals surface area (Å²) < 4.78 is 6.33. The molecular formula is C14H11IN2O. The van der Waals surface area contributed by atoms with Crippen LogP contribution in [0.1, 0.15) is 5.56 Å². The maximum Gasteiger partial charge on any atom is 0.121 e. The smallest absolute Gasteiger partial charge is 0.121 e. The summed E-state index contributed by atoms with van der Waals surface area (Å²) in [5.74, 6) is 0.724. The Hall–Kier alpha value is -1.74. The molecule has 0 aliphatic carbocycles. The van der Waals surface area contributed by atoms with Crippen LogP contribution in [-0.2, 0) is 0 Å². The first kappa shape index (κ1) is 12.7. The molecule has 1 N–H and O–H groups in total. The number of rotatable bonds is 3. The van der Waals surface area contributed by atoms with Gasteiger partial charge in [0.2, 0.25) is 0 Å². The second-order valence-corrected chi connectivity index (χ2v) is 4.90. The fourth-order valence-corrected chi connectivity index (χ4v) is 1.90. The van der Waals surface area contributed by atoms with E-state index in [1.165, 1.54) is 3.57 Å². The van der Waals surface area contributed by atoms with E-state index in [0.717, 1.165) is 17.1 Å². The van der Waals surface area contributed by atoms with Crippen LogP contribution >= 0.6 is 22.6 Å². The summed E-state index contributed by atoms with van der Waals surface area (Å²) in [6.07, 6.45) is 0. The van der Waals surface area contributed by atoms with Crippen molar-refractivity contribution in [2.75, 3.05) is 12.4 Å². The molecule has 4 heteroatoms. The number of methoxy groups -OCH3 is 1. The molecule has 2 aromatic rings. The predicted molar refractivity (Wildman–Crippen MR) is 80.2 cm³/mol. The number of hydrogen-bond donors (Lipinski definition) is 1. The molecule has 0 aliphatic heterocycles. The molecular weight excluding hydrogens is 339 g/mol. The van der Waals surface area contributed by atoms with Crippen LogP contribution < -0.4 is 10.1 Å². The van der Waals surface area contributed by atoms with Gasteiger partial charge in [0.15, 0.2) is 0 Å². The lowest BCUT2D eigenvalue weighted by Crippen LogP contribution is -1.94. The normalized spacial score (nSPS) is 9.61. The third-order valence-corrected chi connectivity index (χ3v) is 3.19. The molecule has 0 amide bonds. The van der Waals surface area contributed by atoms with Gasteiger partial charge in [-0.05, 0) is 59.0 Å². The lowest BCUT2D eigenvalue weighted by atomic mass is 10.1. The quantitative estimate of drug-likeness (QED) is 0.854. The van der Waals surface area contributed by atoms with Crippen LogP contribution in [-0.4, -0.2) is 7.11 Å². The third kappa shape index (κ3) is 2.93. The molecule has 90 valence electrons. The predicted octanol–water partition coefficient (Wildman–Crippen LogP) is 3.92. The van der Waals surface area contributed by atoms with Crippen molar-refractivity contribution in [1.29, 1.82) is 5.26 Å². The Morgan fingerprint density at radius 1 is 1.17 bits per heavy atom. The van der Waals surface area contributed by atoms with Crippen molar-refractivity contribution in [3.8, 4) is 11.8 Å². The maximum absolute atomic E-state index is 9.07. The number of halogens is 1. The van der Waals surface area contributed by atoms with Gasteiger partial charge in [-0.3, -0.25) is 0 Å². The Kier molecular flexibility index (Phi) is 4.05. The average molecular weight is 350 g/mol. The minimum absolute atomic E-state index is 0.592. The van der Waals surface area contributed by atoms with Gasteiger partial charge in [-0.1, -0.05) is 0 Å². The molecule has 0 saturated carbocycles. The van der Waals surface area contributed by atoms with Gasteiger partial charge in [0.25, 0.3) is 0 Å². The van der Waals surface area contributed by atoms with E-state index in [9.17, 15) is 0 Å². The molecule has 0 saturated heterocycles. The van der Waals surface area contributed by atoms with E-state index >= 15 is 0 Å². The Morgan fingerprint density at radius 2 is 1.89 bits per heavy atom. The first-order chi connectivity index (χ1) is 8.72. The lowest BCUT2D eigenvalue weighted by molar-refractivity contribution is 0.415. The van der Waals surface area contributed by atoms with Gasteiger partial charge in [-0.15, -0.1) is 0 Å². The van der Waals surface area contributed by atoms with E-state index in [0.29, 0.717) is 5.56 Å². The molecule has 0 spiro atoms. The molecule has 0 heterocycles. The average Bonchev–Trinajstić information content (AvgIpc) is 2.41. The molecule has 2 rings (SSSR count). The Labute approximate surface area is 120 Å². The summed E-state index contributed by atoms with van der Waals surface area (Å²) in [5, 5.41) is 12.3. The van der Waals surface area contributed by atoms with Gasteiger partial charge in [0.1, 0.15) is 11.8 Å². The maximum atomic E-state index is 9.07. The molecule has 0 bridgehead atoms. The van der Waals surface area contributed by atoms with Crippen molar-refractivity contribution < 1.29 is 4.74 Å². The largest absolute Gasteiger partial charge is 0.497 e. The molecule has 0 fully saturated rings. The number of anilines is 2. The Balaban J connectivity index is 2.32. The summed E-state index contributed by atoms with van der Waals surface area (Å²) in [6, 6.07) is 15.5. The fraction of sp³-hybridized carbons (Fsp3) is 0.0714. The van der Waals surface area contributed by atoms with Crippen LogP contribution in [0, 0.1) is 14.9 Å². The first-order valence-corrected chi connectivity index (χ1v) is 6.41. The number of ether oxygens (including phenoxy) is 1. The molecule has 18 heavy (non-hydrogen) atoms. The molecule has 0 unspecified atom stereocenters. The van der Waals surface area contributed by atoms with Crippen molar-refractivity contribution in [3.05, 3.63) is 51.6 Å². The van der Waals surface area contributed by atoms with Crippen molar-refractivity contribution in [2.24, 2.45) is 0 Å². The highest BCUT2D eigenvalue weighted by Gasteiger charge is 2.04. The zero-order valence-electron chi connectivity index (χ0n) is 9.77. The van der Waals surface area contributed by atoms with Crippen molar-refractivity contribution in [2.45, 2.75) is 0 Å². The van der Waals surface area contributed by atoms with E-state index in [1.807, 2.05) is 30.3 Å². The molecule has 3 nitrogen and oxygen atoms in total. The van der Waals surface area contributed by atoms with Crippen molar-refractivity contribution >= 4 is 34.0 Å². The molecule has 0 aromatic heterocycles. The van der Waals surface area contributed by atoms with E-state index in [2.05, 4.69) is 34.0 Å². The minimum Gasteiger partial charge on any atom is -0.497 e. The Morgan fingerprint density at radius 3 is 2.50 bits per heavy atom. The highest BCUT2D eigenvalue weighted by molar-refractivity contribution is 14.1. The second-order valence-electron chi connectivity index (χ2n) is 3.66. The minimum atomic E-state index is 0.592. The molecule has 0 atom stereocenters. The first-order valence-electron chi connectivity index (χ1n) is 5.33. The SMILES string of the molecule is COc1ccc(C#N)c(Nc2ccc(I)cc2)c1. The molecule has 2 aromatic carbocycles. The number of nitrogens with one attached hydrogen (secondary N) is 1. The number of hydrogen-bond acceptors (Lipinski definition) is 3. The van der Waals surface area contributed by atoms with Gasteiger partial charge in [-0.25, -0.2) is 0 Å². The summed E-state index contributed by atoms with van der Waals surface area (Å²) in [6.45, 7) is 0.